The zero-order valence-electron chi connectivity index (χ0n) is 12.8. The highest BCUT2D eigenvalue weighted by Crippen LogP contribution is 2.34. The number of rotatable bonds is 4. The summed E-state index contributed by atoms with van der Waals surface area (Å²) in [7, 11) is 0. The van der Waals surface area contributed by atoms with Crippen LogP contribution in [0.25, 0.3) is 0 Å². The van der Waals surface area contributed by atoms with Crippen LogP contribution >= 0.6 is 12.4 Å². The van der Waals surface area contributed by atoms with Gasteiger partial charge in [-0.1, -0.05) is 6.92 Å². The minimum atomic E-state index is 0. The van der Waals surface area contributed by atoms with Crippen molar-refractivity contribution in [2.24, 2.45) is 11.8 Å². The maximum Gasteiger partial charge on any atom is 0.231 e. The Balaban J connectivity index is 0.00000176. The zero-order valence-corrected chi connectivity index (χ0v) is 13.6. The molecule has 2 heterocycles. The molecule has 5 nitrogen and oxygen atoms in total. The predicted molar refractivity (Wildman–Crippen MR) is 87.8 cm³/mol. The fourth-order valence-corrected chi connectivity index (χ4v) is 3.01. The molecule has 0 aliphatic carbocycles. The number of hydrogen-bond donors (Lipinski definition) is 2. The van der Waals surface area contributed by atoms with Crippen LogP contribution in [0, 0.1) is 11.8 Å². The minimum Gasteiger partial charge on any atom is -0.454 e. The van der Waals surface area contributed by atoms with Gasteiger partial charge in [0.15, 0.2) is 11.5 Å². The van der Waals surface area contributed by atoms with E-state index < -0.39 is 0 Å². The summed E-state index contributed by atoms with van der Waals surface area (Å²) in [5.41, 5.74) is 0.762. The second-order valence-corrected chi connectivity index (χ2v) is 5.90. The zero-order chi connectivity index (χ0) is 14.7. The molecule has 0 bridgehead atoms. The Kier molecular flexibility index (Phi) is 5.91. The van der Waals surface area contributed by atoms with Crippen LogP contribution in [0.4, 0.5) is 5.69 Å². The smallest absolute Gasteiger partial charge is 0.231 e. The molecule has 2 unspecified atom stereocenters. The molecule has 0 saturated carbocycles. The molecule has 1 aromatic rings. The third-order valence-electron chi connectivity index (χ3n) is 4.30. The van der Waals surface area contributed by atoms with Crippen molar-refractivity contribution in [3.8, 4) is 11.5 Å². The maximum absolute atomic E-state index is 12.2. The third-order valence-corrected chi connectivity index (χ3v) is 4.30. The number of nitrogens with one attached hydrogen (secondary N) is 2. The summed E-state index contributed by atoms with van der Waals surface area (Å²) in [6, 6.07) is 5.48. The van der Waals surface area contributed by atoms with Gasteiger partial charge in [0.1, 0.15) is 0 Å². The average molecular weight is 327 g/mol. The van der Waals surface area contributed by atoms with Gasteiger partial charge in [-0.15, -0.1) is 12.4 Å². The van der Waals surface area contributed by atoms with Crippen molar-refractivity contribution >= 4 is 24.0 Å². The number of hydrogen-bond acceptors (Lipinski definition) is 4. The summed E-state index contributed by atoms with van der Waals surface area (Å²) < 4.78 is 10.6. The van der Waals surface area contributed by atoms with Crippen molar-refractivity contribution in [3.63, 3.8) is 0 Å². The number of amides is 1. The second-order valence-electron chi connectivity index (χ2n) is 5.90. The molecule has 0 aromatic heterocycles. The molecule has 6 heteroatoms. The molecule has 2 aliphatic heterocycles. The summed E-state index contributed by atoms with van der Waals surface area (Å²) in [6.45, 7) is 4.54. The lowest BCUT2D eigenvalue weighted by atomic mass is 9.85. The van der Waals surface area contributed by atoms with Crippen molar-refractivity contribution < 1.29 is 14.3 Å². The first-order chi connectivity index (χ1) is 10.2. The molecule has 122 valence electrons. The van der Waals surface area contributed by atoms with Crippen LogP contribution in [0.1, 0.15) is 26.2 Å². The minimum absolute atomic E-state index is 0. The first-order valence-corrected chi connectivity index (χ1v) is 7.62. The molecule has 1 amide bonds. The van der Waals surface area contributed by atoms with E-state index in [1.165, 1.54) is 12.8 Å². The van der Waals surface area contributed by atoms with Crippen LogP contribution in [0.3, 0.4) is 0 Å². The summed E-state index contributed by atoms with van der Waals surface area (Å²) in [6.07, 6.45) is 2.98. The fourth-order valence-electron chi connectivity index (χ4n) is 3.01. The summed E-state index contributed by atoms with van der Waals surface area (Å²) >= 11 is 0. The largest absolute Gasteiger partial charge is 0.454 e. The summed E-state index contributed by atoms with van der Waals surface area (Å²) in [4.78, 5) is 12.2. The third kappa shape index (κ3) is 4.05. The Labute approximate surface area is 137 Å². The summed E-state index contributed by atoms with van der Waals surface area (Å²) in [5.74, 6) is 2.48. The number of carbonyl (C=O) groups is 1. The van der Waals surface area contributed by atoms with Gasteiger partial charge in [-0.3, -0.25) is 4.79 Å². The molecule has 1 saturated heterocycles. The van der Waals surface area contributed by atoms with E-state index in [1.54, 1.807) is 0 Å². The maximum atomic E-state index is 12.2. The van der Waals surface area contributed by atoms with E-state index >= 15 is 0 Å². The van der Waals surface area contributed by atoms with Crippen molar-refractivity contribution in [2.45, 2.75) is 26.2 Å². The van der Waals surface area contributed by atoms with Crippen LogP contribution in [0.15, 0.2) is 18.2 Å². The Morgan fingerprint density at radius 1 is 1.41 bits per heavy atom. The van der Waals surface area contributed by atoms with E-state index in [-0.39, 0.29) is 25.1 Å². The molecule has 1 aromatic carbocycles. The highest BCUT2D eigenvalue weighted by Gasteiger charge is 2.22. The van der Waals surface area contributed by atoms with Crippen molar-refractivity contribution in [3.05, 3.63) is 18.2 Å². The van der Waals surface area contributed by atoms with Gasteiger partial charge in [0.25, 0.3) is 0 Å². The molecule has 2 atom stereocenters. The molecule has 1 fully saturated rings. The predicted octanol–water partition coefficient (Wildman–Crippen LogP) is 2.80. The van der Waals surface area contributed by atoms with Crippen molar-refractivity contribution in [1.82, 2.24) is 5.32 Å². The number of ether oxygens (including phenoxy) is 2. The number of piperidine rings is 1. The number of carbonyl (C=O) groups excluding carboxylic acids is 1. The Bertz CT molecular complexity index is 518. The first kappa shape index (κ1) is 16.9. The lowest BCUT2D eigenvalue weighted by molar-refractivity contribution is -0.117. The quantitative estimate of drug-likeness (QED) is 0.893. The van der Waals surface area contributed by atoms with Crippen LogP contribution in [0.2, 0.25) is 0 Å². The van der Waals surface area contributed by atoms with Crippen molar-refractivity contribution in [1.29, 1.82) is 0 Å². The van der Waals surface area contributed by atoms with Gasteiger partial charge in [0, 0.05) is 18.2 Å². The molecule has 2 aliphatic rings. The standard InChI is InChI=1S/C16H22N2O3.ClH/c1-11(12-3-2-6-17-9-12)7-16(19)18-13-4-5-14-15(8-13)21-10-20-14;/h4-5,8,11-12,17H,2-3,6-7,9-10H2,1H3,(H,18,19);1H. The average Bonchev–Trinajstić information content (AvgIpc) is 2.95. The van der Waals surface area contributed by atoms with Gasteiger partial charge in [0.2, 0.25) is 12.7 Å². The van der Waals surface area contributed by atoms with Gasteiger partial charge in [-0.05, 0) is 49.9 Å². The highest BCUT2D eigenvalue weighted by molar-refractivity contribution is 5.91. The van der Waals surface area contributed by atoms with Crippen LogP contribution < -0.4 is 20.1 Å². The molecule has 0 radical (unpaired) electrons. The molecule has 0 spiro atoms. The van der Waals surface area contributed by atoms with Crippen LogP contribution in [0.5, 0.6) is 11.5 Å². The molecule has 2 N–H and O–H groups in total. The van der Waals surface area contributed by atoms with E-state index in [4.69, 9.17) is 9.47 Å². The van der Waals surface area contributed by atoms with E-state index in [1.807, 2.05) is 18.2 Å². The Hall–Kier alpha value is -1.46. The Morgan fingerprint density at radius 2 is 2.23 bits per heavy atom. The van der Waals surface area contributed by atoms with Crippen LogP contribution in [-0.2, 0) is 4.79 Å². The highest BCUT2D eigenvalue weighted by atomic mass is 35.5. The van der Waals surface area contributed by atoms with Crippen molar-refractivity contribution in [2.75, 3.05) is 25.2 Å². The van der Waals surface area contributed by atoms with Gasteiger partial charge < -0.3 is 20.1 Å². The number of halogens is 1. The van der Waals surface area contributed by atoms with E-state index in [9.17, 15) is 4.79 Å². The first-order valence-electron chi connectivity index (χ1n) is 7.62. The second kappa shape index (κ2) is 7.70. The van der Waals surface area contributed by atoms with E-state index in [0.717, 1.165) is 24.5 Å². The lowest BCUT2D eigenvalue weighted by Crippen LogP contribution is -2.34. The fraction of sp³-hybridized carbons (Fsp3) is 0.562. The Morgan fingerprint density at radius 3 is 3.00 bits per heavy atom. The number of benzene rings is 1. The van der Waals surface area contributed by atoms with Crippen LogP contribution in [-0.4, -0.2) is 25.8 Å². The molecule has 22 heavy (non-hydrogen) atoms. The van der Waals surface area contributed by atoms with Gasteiger partial charge >= 0.3 is 0 Å². The summed E-state index contributed by atoms with van der Waals surface area (Å²) in [5, 5.41) is 6.35. The van der Waals surface area contributed by atoms with Gasteiger partial charge in [-0.2, -0.15) is 0 Å². The SMILES string of the molecule is CC(CC(=O)Nc1ccc2c(c1)OCO2)C1CCCNC1.Cl. The van der Waals surface area contributed by atoms with E-state index in [2.05, 4.69) is 17.6 Å². The van der Waals surface area contributed by atoms with E-state index in [0.29, 0.717) is 24.0 Å². The van der Waals surface area contributed by atoms with Gasteiger partial charge in [0.05, 0.1) is 0 Å². The molecule has 3 rings (SSSR count). The molecular weight excluding hydrogens is 304 g/mol. The topological polar surface area (TPSA) is 59.6 Å². The molecular formula is C16H23ClN2O3. The number of anilines is 1. The lowest BCUT2D eigenvalue weighted by Gasteiger charge is -2.28. The monoisotopic (exact) mass is 326 g/mol. The normalized spacial score (nSPS) is 20.9. The number of fused-ring (bicyclic) bond motifs is 1. The van der Waals surface area contributed by atoms with Gasteiger partial charge in [-0.25, -0.2) is 0 Å².